The number of nitrogens with one attached hydrogen (secondary N) is 1. The van der Waals surface area contributed by atoms with Crippen LogP contribution < -0.4 is 11.3 Å². The van der Waals surface area contributed by atoms with Crippen molar-refractivity contribution in [3.05, 3.63) is 57.0 Å². The van der Waals surface area contributed by atoms with Gasteiger partial charge in [-0.25, -0.2) is 0 Å². The molecule has 0 fully saturated rings. The van der Waals surface area contributed by atoms with Gasteiger partial charge in [-0.3, -0.25) is 4.79 Å². The van der Waals surface area contributed by atoms with Crippen molar-refractivity contribution in [2.75, 3.05) is 0 Å². The van der Waals surface area contributed by atoms with Crippen LogP contribution >= 0.6 is 0 Å². The Morgan fingerprint density at radius 1 is 1.50 bits per heavy atom. The number of rotatable bonds is 0. The smallest absolute Gasteiger partial charge is 0.248 e. The molecule has 2 aliphatic carbocycles. The summed E-state index contributed by atoms with van der Waals surface area (Å²) in [6.07, 6.45) is 6.36. The van der Waals surface area contributed by atoms with Gasteiger partial charge in [0.05, 0.1) is 0 Å². The van der Waals surface area contributed by atoms with E-state index in [1.54, 1.807) is 6.07 Å². The molecule has 0 unspecified atom stereocenters. The third-order valence-electron chi connectivity index (χ3n) is 4.27. The summed E-state index contributed by atoms with van der Waals surface area (Å²) in [4.78, 5) is 14.5. The van der Waals surface area contributed by atoms with Gasteiger partial charge >= 0.3 is 0 Å². The molecule has 3 rings (SSSR count). The first kappa shape index (κ1) is 11.5. The van der Waals surface area contributed by atoms with Crippen LogP contribution in [-0.2, 0) is 12.0 Å². The quantitative estimate of drug-likeness (QED) is 0.663. The Balaban J connectivity index is 2.28. The van der Waals surface area contributed by atoms with Gasteiger partial charge in [-0.2, -0.15) is 0 Å². The van der Waals surface area contributed by atoms with E-state index in [9.17, 15) is 4.79 Å². The van der Waals surface area contributed by atoms with Gasteiger partial charge in [-0.15, -0.1) is 0 Å². The minimum Gasteiger partial charge on any atom is -0.345 e. The summed E-state index contributed by atoms with van der Waals surface area (Å²) in [7, 11) is 0. The highest BCUT2D eigenvalue weighted by atomic mass is 16.1. The SMILES string of the molecule is CC=C1[C@H]2C=C(C)C[C@]1([NH3+])c1ccc(=O)[nH]c1C2. The van der Waals surface area contributed by atoms with Crippen LogP contribution in [0.4, 0.5) is 0 Å². The van der Waals surface area contributed by atoms with Crippen molar-refractivity contribution in [1.82, 2.24) is 4.98 Å². The number of pyridine rings is 1. The molecule has 1 heterocycles. The Bertz CT molecular complexity index is 624. The maximum Gasteiger partial charge on any atom is 0.248 e. The van der Waals surface area contributed by atoms with Gasteiger partial charge in [0, 0.05) is 29.7 Å². The van der Waals surface area contributed by atoms with Crippen molar-refractivity contribution in [3.8, 4) is 0 Å². The average Bonchev–Trinajstić information content (AvgIpc) is 2.26. The maximum atomic E-state index is 11.5. The summed E-state index contributed by atoms with van der Waals surface area (Å²) in [6, 6.07) is 3.58. The zero-order valence-corrected chi connectivity index (χ0v) is 10.9. The summed E-state index contributed by atoms with van der Waals surface area (Å²) in [6.45, 7) is 4.27. The predicted octanol–water partition coefficient (Wildman–Crippen LogP) is 1.28. The molecule has 1 aromatic heterocycles. The zero-order chi connectivity index (χ0) is 12.9. The molecule has 1 aromatic rings. The van der Waals surface area contributed by atoms with Crippen LogP contribution in [0.1, 0.15) is 31.5 Å². The lowest BCUT2D eigenvalue weighted by molar-refractivity contribution is -0.476. The van der Waals surface area contributed by atoms with E-state index in [1.165, 1.54) is 16.7 Å². The van der Waals surface area contributed by atoms with Crippen molar-refractivity contribution >= 4 is 0 Å². The number of quaternary nitrogens is 1. The molecular formula is C15H19N2O+. The number of allylic oxidation sites excluding steroid dienone is 2. The molecule has 3 heteroatoms. The van der Waals surface area contributed by atoms with Gasteiger partial charge in [-0.1, -0.05) is 17.7 Å². The van der Waals surface area contributed by atoms with Gasteiger partial charge in [0.25, 0.3) is 0 Å². The molecule has 2 aliphatic rings. The van der Waals surface area contributed by atoms with Crippen molar-refractivity contribution in [2.24, 2.45) is 5.92 Å². The third-order valence-corrected chi connectivity index (χ3v) is 4.27. The van der Waals surface area contributed by atoms with Crippen LogP contribution in [0.2, 0.25) is 0 Å². The monoisotopic (exact) mass is 243 g/mol. The molecule has 0 aliphatic heterocycles. The van der Waals surface area contributed by atoms with Gasteiger partial charge in [-0.05, 0) is 31.9 Å². The highest BCUT2D eigenvalue weighted by Crippen LogP contribution is 2.46. The van der Waals surface area contributed by atoms with Crippen molar-refractivity contribution in [3.63, 3.8) is 0 Å². The molecule has 94 valence electrons. The van der Waals surface area contributed by atoms with E-state index in [0.29, 0.717) is 5.92 Å². The zero-order valence-electron chi connectivity index (χ0n) is 10.9. The molecule has 4 N–H and O–H groups in total. The van der Waals surface area contributed by atoms with Crippen LogP contribution in [0.5, 0.6) is 0 Å². The molecule has 0 radical (unpaired) electrons. The molecular weight excluding hydrogens is 224 g/mol. The number of fused-ring (bicyclic) bond motifs is 4. The lowest BCUT2D eigenvalue weighted by Gasteiger charge is -2.42. The molecule has 0 saturated heterocycles. The topological polar surface area (TPSA) is 60.5 Å². The number of hydrogen-bond donors (Lipinski definition) is 2. The fourth-order valence-electron chi connectivity index (χ4n) is 3.68. The first-order valence-corrected chi connectivity index (χ1v) is 6.46. The number of hydrogen-bond acceptors (Lipinski definition) is 1. The standard InChI is InChI=1S/C15H18N2O/c1-3-11-10-6-9(2)8-15(11,16)12-4-5-14(18)17-13(12)7-10/h3-6,10H,7-8,16H2,1-2H3,(H,17,18)/p+1/t10-,15+/m0/s1. The summed E-state index contributed by atoms with van der Waals surface area (Å²) in [5, 5.41) is 0. The molecule has 2 atom stereocenters. The Hall–Kier alpha value is -1.61. The summed E-state index contributed by atoms with van der Waals surface area (Å²) in [5.74, 6) is 0.395. The van der Waals surface area contributed by atoms with Crippen LogP contribution in [0, 0.1) is 5.92 Å². The second kappa shape index (κ2) is 3.69. The van der Waals surface area contributed by atoms with Crippen LogP contribution in [0.15, 0.2) is 40.2 Å². The molecule has 0 spiro atoms. The second-order valence-corrected chi connectivity index (χ2v) is 5.54. The molecule has 0 saturated carbocycles. The van der Waals surface area contributed by atoms with Crippen molar-refractivity contribution in [1.29, 1.82) is 0 Å². The lowest BCUT2D eigenvalue weighted by Crippen LogP contribution is -2.73. The van der Waals surface area contributed by atoms with Crippen LogP contribution in [0.3, 0.4) is 0 Å². The lowest BCUT2D eigenvalue weighted by atomic mass is 9.63. The Morgan fingerprint density at radius 2 is 2.28 bits per heavy atom. The van der Waals surface area contributed by atoms with Gasteiger partial charge in [0.15, 0.2) is 0 Å². The predicted molar refractivity (Wildman–Crippen MR) is 71.0 cm³/mol. The first-order valence-electron chi connectivity index (χ1n) is 6.46. The minimum atomic E-state index is -0.184. The molecule has 0 aromatic carbocycles. The van der Waals surface area contributed by atoms with E-state index in [0.717, 1.165) is 18.5 Å². The minimum absolute atomic E-state index is 0.0138. The first-order chi connectivity index (χ1) is 8.54. The molecule has 2 bridgehead atoms. The number of aromatic amines is 1. The highest BCUT2D eigenvalue weighted by molar-refractivity contribution is 5.46. The molecule has 3 nitrogen and oxygen atoms in total. The van der Waals surface area contributed by atoms with Crippen LogP contribution in [-0.4, -0.2) is 4.98 Å². The normalized spacial score (nSPS) is 32.1. The summed E-state index contributed by atoms with van der Waals surface area (Å²) >= 11 is 0. The Kier molecular flexibility index (Phi) is 2.35. The van der Waals surface area contributed by atoms with E-state index < -0.39 is 0 Å². The largest absolute Gasteiger partial charge is 0.345 e. The van der Waals surface area contributed by atoms with E-state index in [2.05, 4.69) is 36.7 Å². The average molecular weight is 243 g/mol. The van der Waals surface area contributed by atoms with E-state index in [4.69, 9.17) is 0 Å². The highest BCUT2D eigenvalue weighted by Gasteiger charge is 2.47. The Morgan fingerprint density at radius 3 is 3.00 bits per heavy atom. The van der Waals surface area contributed by atoms with Crippen LogP contribution in [0.25, 0.3) is 0 Å². The summed E-state index contributed by atoms with van der Waals surface area (Å²) in [5.41, 5.74) is 9.35. The van der Waals surface area contributed by atoms with E-state index in [1.807, 2.05) is 6.07 Å². The van der Waals surface area contributed by atoms with E-state index >= 15 is 0 Å². The fraction of sp³-hybridized carbons (Fsp3) is 0.400. The number of aromatic nitrogens is 1. The fourth-order valence-corrected chi connectivity index (χ4v) is 3.68. The Labute approximate surface area is 106 Å². The van der Waals surface area contributed by atoms with Crippen molar-refractivity contribution in [2.45, 2.75) is 32.2 Å². The molecule has 18 heavy (non-hydrogen) atoms. The van der Waals surface area contributed by atoms with Crippen molar-refractivity contribution < 1.29 is 5.73 Å². The second-order valence-electron chi connectivity index (χ2n) is 5.54. The number of H-pyrrole nitrogens is 1. The molecule has 0 amide bonds. The van der Waals surface area contributed by atoms with E-state index in [-0.39, 0.29) is 11.1 Å². The van der Waals surface area contributed by atoms with Gasteiger partial charge in [0.2, 0.25) is 5.56 Å². The third kappa shape index (κ3) is 1.44. The van der Waals surface area contributed by atoms with Gasteiger partial charge < -0.3 is 10.7 Å². The van der Waals surface area contributed by atoms with Gasteiger partial charge in [0.1, 0.15) is 5.54 Å². The maximum absolute atomic E-state index is 11.5. The summed E-state index contributed by atoms with van der Waals surface area (Å²) < 4.78 is 0.